The van der Waals surface area contributed by atoms with Crippen LogP contribution in [0.25, 0.3) is 11.3 Å². The second-order valence-electron chi connectivity index (χ2n) is 8.55. The first-order chi connectivity index (χ1) is 14.1. The van der Waals surface area contributed by atoms with Gasteiger partial charge >= 0.3 is 6.30 Å². The van der Waals surface area contributed by atoms with Gasteiger partial charge < -0.3 is 5.73 Å². The Morgan fingerprint density at radius 1 is 1.17 bits per heavy atom. The lowest BCUT2D eigenvalue weighted by Crippen LogP contribution is -2.51. The Morgan fingerprint density at radius 3 is 2.30 bits per heavy atom. The van der Waals surface area contributed by atoms with Crippen molar-refractivity contribution < 1.29 is 13.2 Å². The summed E-state index contributed by atoms with van der Waals surface area (Å²) in [4.78, 5) is 2.34. The van der Waals surface area contributed by atoms with E-state index in [0.717, 1.165) is 44.2 Å². The predicted octanol–water partition coefficient (Wildman–Crippen LogP) is 4.51. The number of aromatic nitrogens is 2. The fourth-order valence-electron chi connectivity index (χ4n) is 4.31. The van der Waals surface area contributed by atoms with Gasteiger partial charge in [0, 0.05) is 36.2 Å². The molecule has 2 aromatic rings. The van der Waals surface area contributed by atoms with E-state index in [-0.39, 0.29) is 16.1 Å². The minimum atomic E-state index is -4.51. The van der Waals surface area contributed by atoms with E-state index in [9.17, 15) is 18.4 Å². The van der Waals surface area contributed by atoms with Crippen LogP contribution in [0.4, 0.5) is 13.2 Å². The summed E-state index contributed by atoms with van der Waals surface area (Å²) in [5.74, 6) is 0.332. The molecule has 0 saturated carbocycles. The number of nitrogens with zero attached hydrogens (tertiary/aromatic N) is 4. The smallest absolute Gasteiger partial charge is 0.327 e. The molecule has 162 valence electrons. The van der Waals surface area contributed by atoms with Gasteiger partial charge in [-0.25, -0.2) is 0 Å². The molecule has 1 aliphatic rings. The second kappa shape index (κ2) is 8.78. The van der Waals surface area contributed by atoms with Crippen LogP contribution in [0.5, 0.6) is 0 Å². The van der Waals surface area contributed by atoms with Gasteiger partial charge in [-0.05, 0) is 43.5 Å². The van der Waals surface area contributed by atoms with Gasteiger partial charge in [0.05, 0.1) is 11.8 Å². The molecule has 0 radical (unpaired) electrons. The summed E-state index contributed by atoms with van der Waals surface area (Å²) in [5.41, 5.74) is 8.37. The minimum Gasteiger partial charge on any atom is -0.327 e. The molecule has 5 nitrogen and oxygen atoms in total. The largest absolute Gasteiger partial charge is 0.504 e. The van der Waals surface area contributed by atoms with Crippen LogP contribution in [0.2, 0.25) is 0 Å². The highest BCUT2D eigenvalue weighted by atomic mass is 19.4. The average Bonchev–Trinajstić information content (AvgIpc) is 3.20. The molecule has 0 spiro atoms. The summed E-state index contributed by atoms with van der Waals surface area (Å²) in [6, 6.07) is 11.2. The highest BCUT2D eigenvalue weighted by Crippen LogP contribution is 2.40. The van der Waals surface area contributed by atoms with Crippen LogP contribution in [0, 0.1) is 22.7 Å². The molecule has 3 rings (SSSR count). The molecule has 1 aliphatic heterocycles. The maximum atomic E-state index is 12.7. The third-order valence-electron chi connectivity index (χ3n) is 6.21. The SMILES string of the molecule is CC(C)C(N)C1(CC#N)CCN(Cc2ccc(-c3ccn(C(F)(F)F)n3)cc2)CC1. The van der Waals surface area contributed by atoms with Crippen molar-refractivity contribution in [2.75, 3.05) is 13.1 Å². The lowest BCUT2D eigenvalue weighted by Gasteiger charge is -2.45. The van der Waals surface area contributed by atoms with Crippen LogP contribution in [-0.2, 0) is 12.8 Å². The molecular weight excluding hydrogens is 391 g/mol. The number of nitrogens with two attached hydrogens (primary N) is 1. The molecular formula is C22H28F3N5. The summed E-state index contributed by atoms with van der Waals surface area (Å²) in [7, 11) is 0. The van der Waals surface area contributed by atoms with Gasteiger partial charge in [0.25, 0.3) is 0 Å². The Hall–Kier alpha value is -2.37. The number of piperidine rings is 1. The van der Waals surface area contributed by atoms with E-state index in [1.54, 1.807) is 12.1 Å². The fraction of sp³-hybridized carbons (Fsp3) is 0.545. The molecule has 1 aromatic carbocycles. The number of alkyl halides is 3. The number of hydrogen-bond donors (Lipinski definition) is 1. The predicted molar refractivity (Wildman–Crippen MR) is 109 cm³/mol. The summed E-state index contributed by atoms with van der Waals surface area (Å²) < 4.78 is 38.1. The minimum absolute atomic E-state index is 0.00934. The van der Waals surface area contributed by atoms with E-state index < -0.39 is 6.30 Å². The van der Waals surface area contributed by atoms with Crippen molar-refractivity contribution in [1.82, 2.24) is 14.7 Å². The number of likely N-dealkylation sites (tertiary alicyclic amines) is 1. The lowest BCUT2D eigenvalue weighted by molar-refractivity contribution is -0.212. The van der Waals surface area contributed by atoms with Crippen molar-refractivity contribution in [2.45, 2.75) is 52.0 Å². The van der Waals surface area contributed by atoms with Gasteiger partial charge in [0.2, 0.25) is 0 Å². The maximum Gasteiger partial charge on any atom is 0.504 e. The number of nitriles is 1. The number of halogens is 3. The van der Waals surface area contributed by atoms with Crippen molar-refractivity contribution in [1.29, 1.82) is 5.26 Å². The number of hydrogen-bond acceptors (Lipinski definition) is 4. The van der Waals surface area contributed by atoms with E-state index in [0.29, 0.717) is 23.6 Å². The first-order valence-corrected chi connectivity index (χ1v) is 10.2. The van der Waals surface area contributed by atoms with Crippen molar-refractivity contribution in [3.8, 4) is 17.3 Å². The molecule has 8 heteroatoms. The van der Waals surface area contributed by atoms with Gasteiger partial charge in [-0.2, -0.15) is 15.0 Å². The zero-order valence-corrected chi connectivity index (χ0v) is 17.4. The van der Waals surface area contributed by atoms with E-state index in [2.05, 4.69) is 29.9 Å². The number of rotatable bonds is 6. The zero-order chi connectivity index (χ0) is 21.9. The molecule has 1 fully saturated rings. The normalized spacial score (nSPS) is 18.3. The van der Waals surface area contributed by atoms with Crippen molar-refractivity contribution in [2.24, 2.45) is 17.1 Å². The Morgan fingerprint density at radius 2 is 1.80 bits per heavy atom. The highest BCUT2D eigenvalue weighted by molar-refractivity contribution is 5.58. The Balaban J connectivity index is 1.62. The average molecular weight is 419 g/mol. The molecule has 2 N–H and O–H groups in total. The van der Waals surface area contributed by atoms with E-state index in [1.807, 2.05) is 12.1 Å². The Labute approximate surface area is 175 Å². The third-order valence-corrected chi connectivity index (χ3v) is 6.21. The summed E-state index contributed by atoms with van der Waals surface area (Å²) in [6.45, 7) is 6.72. The molecule has 30 heavy (non-hydrogen) atoms. The van der Waals surface area contributed by atoms with E-state index in [1.165, 1.54) is 6.07 Å². The fourth-order valence-corrected chi connectivity index (χ4v) is 4.31. The zero-order valence-electron chi connectivity index (χ0n) is 17.4. The van der Waals surface area contributed by atoms with Crippen LogP contribution >= 0.6 is 0 Å². The summed E-state index contributed by atoms with van der Waals surface area (Å²) in [6.07, 6.45) is -1.31. The Kier molecular flexibility index (Phi) is 6.53. The van der Waals surface area contributed by atoms with E-state index >= 15 is 0 Å². The van der Waals surface area contributed by atoms with Crippen molar-refractivity contribution in [3.63, 3.8) is 0 Å². The molecule has 1 unspecified atom stereocenters. The second-order valence-corrected chi connectivity index (χ2v) is 8.55. The van der Waals surface area contributed by atoms with Gasteiger partial charge in [0.15, 0.2) is 0 Å². The maximum absolute atomic E-state index is 12.7. The first kappa shape index (κ1) is 22.3. The van der Waals surface area contributed by atoms with Gasteiger partial charge in [-0.3, -0.25) is 4.90 Å². The van der Waals surface area contributed by atoms with Gasteiger partial charge in [-0.15, -0.1) is 13.2 Å². The van der Waals surface area contributed by atoms with Gasteiger partial charge in [0.1, 0.15) is 0 Å². The molecule has 0 bridgehead atoms. The van der Waals surface area contributed by atoms with Crippen LogP contribution in [-0.4, -0.2) is 33.8 Å². The third kappa shape index (κ3) is 4.85. The molecule has 1 aromatic heterocycles. The molecule has 1 saturated heterocycles. The monoisotopic (exact) mass is 419 g/mol. The van der Waals surface area contributed by atoms with Gasteiger partial charge in [-0.1, -0.05) is 38.1 Å². The summed E-state index contributed by atoms with van der Waals surface area (Å²) >= 11 is 0. The summed E-state index contributed by atoms with van der Waals surface area (Å²) in [5, 5.41) is 12.9. The Bertz CT molecular complexity index is 871. The van der Waals surface area contributed by atoms with Crippen LogP contribution in [0.15, 0.2) is 36.5 Å². The highest BCUT2D eigenvalue weighted by Gasteiger charge is 2.40. The lowest BCUT2D eigenvalue weighted by atomic mass is 9.67. The van der Waals surface area contributed by atoms with Crippen molar-refractivity contribution >= 4 is 0 Å². The van der Waals surface area contributed by atoms with Crippen LogP contribution in [0.1, 0.15) is 38.7 Å². The first-order valence-electron chi connectivity index (χ1n) is 10.2. The molecule has 1 atom stereocenters. The quantitative estimate of drug-likeness (QED) is 0.748. The van der Waals surface area contributed by atoms with E-state index in [4.69, 9.17) is 5.73 Å². The standard InChI is InChI=1S/C22H28F3N5/c1-16(2)20(27)21(8-11-26)9-13-29(14-10-21)15-17-3-5-18(6-4-17)19-7-12-30(28-19)22(23,24)25/h3-7,12,16,20H,8-10,13-15,27H2,1-2H3. The number of benzene rings is 1. The van der Waals surface area contributed by atoms with Crippen molar-refractivity contribution in [3.05, 3.63) is 42.1 Å². The molecule has 0 amide bonds. The molecule has 2 heterocycles. The van der Waals surface area contributed by atoms with Crippen LogP contribution in [0.3, 0.4) is 0 Å². The molecule has 0 aliphatic carbocycles. The topological polar surface area (TPSA) is 70.9 Å². The van der Waals surface area contributed by atoms with Crippen LogP contribution < -0.4 is 5.73 Å².